The number of rotatable bonds is 2. The predicted octanol–water partition coefficient (Wildman–Crippen LogP) is 5.62. The summed E-state index contributed by atoms with van der Waals surface area (Å²) in [5, 5.41) is 8.58. The third-order valence-electron chi connectivity index (χ3n) is 6.97. The van der Waals surface area contributed by atoms with E-state index in [1.54, 1.807) is 0 Å². The molecule has 0 saturated heterocycles. The van der Waals surface area contributed by atoms with Crippen LogP contribution in [0, 0.1) is 26.2 Å². The molecule has 2 aliphatic carbocycles. The van der Waals surface area contributed by atoms with E-state index in [4.69, 9.17) is 4.98 Å². The zero-order valence-corrected chi connectivity index (χ0v) is 18.1. The van der Waals surface area contributed by atoms with Crippen LogP contribution in [-0.4, -0.2) is 25.5 Å². The second kappa shape index (κ2) is 6.28. The first-order valence-corrected chi connectivity index (χ1v) is 10.9. The highest BCUT2D eigenvalue weighted by Crippen LogP contribution is 2.44. The maximum absolute atomic E-state index is 13.4. The van der Waals surface area contributed by atoms with Crippen LogP contribution in [-0.2, 0) is 6.42 Å². The number of Topliss-reactive ketones (excluding diaryl/α,β-unsaturated/α-hetero) is 1. The summed E-state index contributed by atoms with van der Waals surface area (Å²) in [6, 6.07) is 2.86. The lowest BCUT2D eigenvalue weighted by Crippen LogP contribution is -2.28. The van der Waals surface area contributed by atoms with Gasteiger partial charge in [0.05, 0.1) is 11.1 Å². The Morgan fingerprint density at radius 2 is 1.83 bits per heavy atom. The standard InChI is InChI=1S/C24H30N4O/c1-13-10-17(15(3)28(13)16-8-6-7-9-16)21-20-14(2)26-27-23(20)25-18-11-24(4,5)12-19(29)22(18)21/h10,16H,6-9,11-12H2,1-5H3,(H,25,26,27). The van der Waals surface area contributed by atoms with E-state index < -0.39 is 0 Å². The fraction of sp³-hybridized carbons (Fsp3) is 0.542. The Morgan fingerprint density at radius 1 is 1.10 bits per heavy atom. The molecule has 0 unspecified atom stereocenters. The SMILES string of the molecule is Cc1[nH]nc2nc3c(c(-c4cc(C)n(C5CCCC5)c4C)c12)C(=O)CC(C)(C)C3. The number of nitrogens with zero attached hydrogens (tertiary/aromatic N) is 3. The monoisotopic (exact) mass is 390 g/mol. The average molecular weight is 391 g/mol. The van der Waals surface area contributed by atoms with Gasteiger partial charge in [-0.1, -0.05) is 26.7 Å². The summed E-state index contributed by atoms with van der Waals surface area (Å²) in [6.07, 6.45) is 6.48. The van der Waals surface area contributed by atoms with Crippen molar-refractivity contribution in [1.29, 1.82) is 0 Å². The first-order valence-electron chi connectivity index (χ1n) is 10.9. The summed E-state index contributed by atoms with van der Waals surface area (Å²) in [7, 11) is 0. The molecule has 1 fully saturated rings. The number of H-pyrrole nitrogens is 1. The lowest BCUT2D eigenvalue weighted by molar-refractivity contribution is 0.0911. The van der Waals surface area contributed by atoms with E-state index in [0.29, 0.717) is 12.5 Å². The van der Waals surface area contributed by atoms with Crippen molar-refractivity contribution in [2.24, 2.45) is 5.41 Å². The Kier molecular flexibility index (Phi) is 4.03. The van der Waals surface area contributed by atoms with Crippen LogP contribution in [0.25, 0.3) is 22.2 Å². The van der Waals surface area contributed by atoms with E-state index in [-0.39, 0.29) is 11.2 Å². The van der Waals surface area contributed by atoms with Gasteiger partial charge in [0, 0.05) is 46.2 Å². The first-order chi connectivity index (χ1) is 13.8. The molecule has 1 saturated carbocycles. The van der Waals surface area contributed by atoms with Crippen LogP contribution in [0.15, 0.2) is 6.07 Å². The highest BCUT2D eigenvalue weighted by Gasteiger charge is 2.36. The van der Waals surface area contributed by atoms with Crippen LogP contribution in [0.3, 0.4) is 0 Å². The smallest absolute Gasteiger partial charge is 0.182 e. The molecule has 5 rings (SSSR count). The second-order valence-electron chi connectivity index (χ2n) is 9.89. The molecule has 0 aromatic carbocycles. The number of aromatic nitrogens is 4. The number of carbonyl (C=O) groups excluding carboxylic acids is 1. The summed E-state index contributed by atoms with van der Waals surface area (Å²) in [5.41, 5.74) is 8.16. The number of hydrogen-bond donors (Lipinski definition) is 1. The Balaban J connectivity index is 1.82. The van der Waals surface area contributed by atoms with Gasteiger partial charge in [-0.05, 0) is 51.5 Å². The van der Waals surface area contributed by atoms with Crippen molar-refractivity contribution >= 4 is 16.8 Å². The molecule has 3 aromatic heterocycles. The molecule has 0 spiro atoms. The van der Waals surface area contributed by atoms with Crippen molar-refractivity contribution in [1.82, 2.24) is 19.7 Å². The summed E-state index contributed by atoms with van der Waals surface area (Å²) in [4.78, 5) is 18.2. The predicted molar refractivity (Wildman–Crippen MR) is 115 cm³/mol. The minimum atomic E-state index is -0.0614. The fourth-order valence-corrected chi connectivity index (χ4v) is 5.74. The van der Waals surface area contributed by atoms with Gasteiger partial charge in [0.1, 0.15) is 0 Å². The summed E-state index contributed by atoms with van der Waals surface area (Å²) in [5.74, 6) is 0.215. The van der Waals surface area contributed by atoms with Crippen molar-refractivity contribution < 1.29 is 4.79 Å². The molecule has 5 nitrogen and oxygen atoms in total. The van der Waals surface area contributed by atoms with Gasteiger partial charge >= 0.3 is 0 Å². The molecule has 2 aliphatic rings. The van der Waals surface area contributed by atoms with E-state index >= 15 is 0 Å². The number of aryl methyl sites for hydroxylation is 2. The van der Waals surface area contributed by atoms with Gasteiger partial charge < -0.3 is 4.57 Å². The molecule has 1 N–H and O–H groups in total. The number of fused-ring (bicyclic) bond motifs is 2. The fourth-order valence-electron chi connectivity index (χ4n) is 5.74. The van der Waals surface area contributed by atoms with Gasteiger partial charge in [-0.15, -0.1) is 0 Å². The minimum Gasteiger partial charge on any atom is -0.346 e. The summed E-state index contributed by atoms with van der Waals surface area (Å²) < 4.78 is 2.51. The number of carbonyl (C=O) groups is 1. The lowest BCUT2D eigenvalue weighted by Gasteiger charge is -2.30. The minimum absolute atomic E-state index is 0.0614. The molecule has 0 amide bonds. The summed E-state index contributed by atoms with van der Waals surface area (Å²) >= 11 is 0. The van der Waals surface area contributed by atoms with Crippen LogP contribution in [0.1, 0.15) is 85.1 Å². The quantitative estimate of drug-likeness (QED) is 0.617. The Bertz CT molecular complexity index is 1140. The second-order valence-corrected chi connectivity index (χ2v) is 9.89. The van der Waals surface area contributed by atoms with Crippen molar-refractivity contribution in [3.8, 4) is 11.1 Å². The third-order valence-corrected chi connectivity index (χ3v) is 6.97. The molecule has 0 atom stereocenters. The van der Waals surface area contributed by atoms with E-state index in [2.05, 4.69) is 48.5 Å². The van der Waals surface area contributed by atoms with Crippen molar-refractivity contribution in [3.63, 3.8) is 0 Å². The van der Waals surface area contributed by atoms with Gasteiger partial charge in [-0.25, -0.2) is 4.98 Å². The molecular weight excluding hydrogens is 360 g/mol. The molecule has 29 heavy (non-hydrogen) atoms. The number of ketones is 1. The van der Waals surface area contributed by atoms with Crippen LogP contribution < -0.4 is 0 Å². The molecule has 0 aliphatic heterocycles. The van der Waals surface area contributed by atoms with Crippen molar-refractivity contribution in [2.75, 3.05) is 0 Å². The molecule has 0 bridgehead atoms. The van der Waals surface area contributed by atoms with Crippen molar-refractivity contribution in [3.05, 3.63) is 34.4 Å². The van der Waals surface area contributed by atoms with Gasteiger partial charge in [0.25, 0.3) is 0 Å². The van der Waals surface area contributed by atoms with Gasteiger partial charge in [-0.3, -0.25) is 9.89 Å². The largest absolute Gasteiger partial charge is 0.346 e. The number of pyridine rings is 1. The normalized spacial score (nSPS) is 19.3. The highest BCUT2D eigenvalue weighted by atomic mass is 16.1. The molecule has 3 heterocycles. The molecular formula is C24H30N4O. The zero-order chi connectivity index (χ0) is 20.5. The molecule has 3 aromatic rings. The maximum atomic E-state index is 13.4. The van der Waals surface area contributed by atoms with E-state index in [0.717, 1.165) is 40.0 Å². The Labute approximate surface area is 171 Å². The Hall–Kier alpha value is -2.43. The van der Waals surface area contributed by atoms with Crippen molar-refractivity contribution in [2.45, 2.75) is 79.2 Å². The van der Waals surface area contributed by atoms with E-state index in [1.165, 1.54) is 42.6 Å². The average Bonchev–Trinajstić information content (AvgIpc) is 3.33. The maximum Gasteiger partial charge on any atom is 0.182 e. The number of hydrogen-bond acceptors (Lipinski definition) is 3. The molecule has 5 heteroatoms. The van der Waals surface area contributed by atoms with Crippen LogP contribution in [0.2, 0.25) is 0 Å². The zero-order valence-electron chi connectivity index (χ0n) is 18.1. The molecule has 0 radical (unpaired) electrons. The number of aromatic amines is 1. The third kappa shape index (κ3) is 2.77. The van der Waals surface area contributed by atoms with Gasteiger partial charge in [0.2, 0.25) is 0 Å². The Morgan fingerprint density at radius 3 is 2.55 bits per heavy atom. The number of nitrogens with one attached hydrogen (secondary N) is 1. The first kappa shape index (κ1) is 18.6. The van der Waals surface area contributed by atoms with E-state index in [9.17, 15) is 4.79 Å². The van der Waals surface area contributed by atoms with Crippen LogP contribution in [0.4, 0.5) is 0 Å². The van der Waals surface area contributed by atoms with Crippen LogP contribution in [0.5, 0.6) is 0 Å². The van der Waals surface area contributed by atoms with Gasteiger partial charge in [-0.2, -0.15) is 5.10 Å². The van der Waals surface area contributed by atoms with Crippen LogP contribution >= 0.6 is 0 Å². The highest BCUT2D eigenvalue weighted by molar-refractivity contribution is 6.11. The topological polar surface area (TPSA) is 63.6 Å². The lowest BCUT2D eigenvalue weighted by atomic mass is 9.73. The molecule has 152 valence electrons. The van der Waals surface area contributed by atoms with E-state index in [1.807, 2.05) is 6.92 Å². The van der Waals surface area contributed by atoms with Gasteiger partial charge in [0.15, 0.2) is 11.4 Å². The summed E-state index contributed by atoms with van der Waals surface area (Å²) in [6.45, 7) is 10.8.